The molecule has 0 saturated carbocycles. The Hall–Kier alpha value is -2.92. The Labute approximate surface area is 184 Å². The van der Waals surface area contributed by atoms with Gasteiger partial charge in [-0.2, -0.15) is 9.40 Å². The molecule has 170 valence electrons. The van der Waals surface area contributed by atoms with Crippen LogP contribution in [0.2, 0.25) is 0 Å². The fourth-order valence-corrected chi connectivity index (χ4v) is 5.26. The summed E-state index contributed by atoms with van der Waals surface area (Å²) in [5.41, 5.74) is 1.27. The van der Waals surface area contributed by atoms with Crippen LogP contribution in [0.4, 0.5) is 14.5 Å². The number of sulfonamides is 1. The number of hydrogen-bond acceptors (Lipinski definition) is 5. The van der Waals surface area contributed by atoms with Crippen molar-refractivity contribution in [1.82, 2.24) is 19.1 Å². The van der Waals surface area contributed by atoms with E-state index in [4.69, 9.17) is 0 Å². The third-order valence-electron chi connectivity index (χ3n) is 5.54. The molecule has 1 fully saturated rings. The Bertz CT molecular complexity index is 1270. The van der Waals surface area contributed by atoms with Crippen LogP contribution in [0, 0.1) is 17.6 Å². The SMILES string of the molecule is CC(C)n1ncc2cc(NC(=O)C3CCN(S(=O)(=O)c4ccc(F)c(F)c4)CC3)cnc21. The van der Waals surface area contributed by atoms with E-state index < -0.39 is 21.7 Å². The zero-order valence-corrected chi connectivity index (χ0v) is 18.4. The minimum absolute atomic E-state index is 0.109. The molecule has 32 heavy (non-hydrogen) atoms. The van der Waals surface area contributed by atoms with E-state index in [1.807, 2.05) is 13.8 Å². The molecule has 1 aromatic carbocycles. The zero-order chi connectivity index (χ0) is 23.0. The van der Waals surface area contributed by atoms with Gasteiger partial charge in [-0.3, -0.25) is 4.79 Å². The molecule has 1 aliphatic heterocycles. The van der Waals surface area contributed by atoms with Crippen LogP contribution in [-0.2, 0) is 14.8 Å². The van der Waals surface area contributed by atoms with Crippen molar-refractivity contribution in [2.45, 2.75) is 37.6 Å². The topological polar surface area (TPSA) is 97.2 Å². The van der Waals surface area contributed by atoms with Crippen molar-refractivity contribution >= 4 is 32.7 Å². The summed E-state index contributed by atoms with van der Waals surface area (Å²) in [4.78, 5) is 16.8. The summed E-state index contributed by atoms with van der Waals surface area (Å²) >= 11 is 0. The Morgan fingerprint density at radius 3 is 2.50 bits per heavy atom. The average molecular weight is 464 g/mol. The van der Waals surface area contributed by atoms with Gasteiger partial charge in [0.05, 0.1) is 23.0 Å². The molecular formula is C21H23F2N5O3S. The van der Waals surface area contributed by atoms with Crippen LogP contribution in [0.15, 0.2) is 41.6 Å². The third-order valence-corrected chi connectivity index (χ3v) is 7.44. The Morgan fingerprint density at radius 2 is 1.84 bits per heavy atom. The predicted octanol–water partition coefficient (Wildman–Crippen LogP) is 3.33. The standard InChI is InChI=1S/C21H23F2N5O3S/c1-13(2)28-20-15(11-25-28)9-16(12-24-20)26-21(29)14-5-7-27(8-6-14)32(30,31)17-3-4-18(22)19(23)10-17/h3-4,9-14H,5-8H2,1-2H3,(H,26,29). The fourth-order valence-electron chi connectivity index (χ4n) is 3.78. The third kappa shape index (κ3) is 4.22. The molecule has 3 aromatic rings. The maximum Gasteiger partial charge on any atom is 0.243 e. The number of aromatic nitrogens is 3. The number of amides is 1. The lowest BCUT2D eigenvalue weighted by Gasteiger charge is -2.30. The number of piperidine rings is 1. The number of pyridine rings is 1. The molecule has 1 saturated heterocycles. The lowest BCUT2D eigenvalue weighted by atomic mass is 9.97. The minimum atomic E-state index is -3.96. The highest BCUT2D eigenvalue weighted by atomic mass is 32.2. The molecule has 1 amide bonds. The van der Waals surface area contributed by atoms with E-state index in [0.717, 1.165) is 23.2 Å². The first-order chi connectivity index (χ1) is 15.2. The highest BCUT2D eigenvalue weighted by Gasteiger charge is 2.32. The number of benzene rings is 1. The number of halogens is 2. The van der Waals surface area contributed by atoms with Crippen LogP contribution >= 0.6 is 0 Å². The maximum absolute atomic E-state index is 13.5. The van der Waals surface area contributed by atoms with Crippen LogP contribution in [0.5, 0.6) is 0 Å². The largest absolute Gasteiger partial charge is 0.324 e. The summed E-state index contributed by atoms with van der Waals surface area (Å²) in [7, 11) is -3.96. The fraction of sp³-hybridized carbons (Fsp3) is 0.381. The van der Waals surface area contributed by atoms with Gasteiger partial charge in [0, 0.05) is 30.4 Å². The molecule has 11 heteroatoms. The highest BCUT2D eigenvalue weighted by molar-refractivity contribution is 7.89. The Balaban J connectivity index is 1.40. The number of nitrogens with zero attached hydrogens (tertiary/aromatic N) is 4. The highest BCUT2D eigenvalue weighted by Crippen LogP contribution is 2.26. The first kappa shape index (κ1) is 22.3. The molecule has 3 heterocycles. The second kappa shape index (κ2) is 8.55. The van der Waals surface area contributed by atoms with Crippen molar-refractivity contribution in [3.63, 3.8) is 0 Å². The molecule has 0 radical (unpaired) electrons. The van der Waals surface area contributed by atoms with Gasteiger partial charge in [0.15, 0.2) is 17.3 Å². The molecule has 0 spiro atoms. The number of anilines is 1. The summed E-state index contributed by atoms with van der Waals surface area (Å²) in [5, 5.41) is 7.96. The molecule has 8 nitrogen and oxygen atoms in total. The maximum atomic E-state index is 13.5. The first-order valence-corrected chi connectivity index (χ1v) is 11.7. The van der Waals surface area contributed by atoms with Gasteiger partial charge in [-0.25, -0.2) is 26.9 Å². The van der Waals surface area contributed by atoms with E-state index in [0.29, 0.717) is 24.6 Å². The summed E-state index contributed by atoms with van der Waals surface area (Å²) in [5.74, 6) is -2.92. The smallest absolute Gasteiger partial charge is 0.243 e. The molecule has 4 rings (SSSR count). The van der Waals surface area contributed by atoms with Crippen LogP contribution in [-0.4, -0.2) is 46.5 Å². The van der Waals surface area contributed by atoms with Crippen LogP contribution < -0.4 is 5.32 Å². The molecule has 1 N–H and O–H groups in total. The van der Waals surface area contributed by atoms with Crippen molar-refractivity contribution < 1.29 is 22.0 Å². The second-order valence-corrected chi connectivity index (χ2v) is 10.0. The molecule has 2 aromatic heterocycles. The van der Waals surface area contributed by atoms with E-state index in [9.17, 15) is 22.0 Å². The van der Waals surface area contributed by atoms with Gasteiger partial charge in [-0.05, 0) is 51.0 Å². The zero-order valence-electron chi connectivity index (χ0n) is 17.6. The summed E-state index contributed by atoms with van der Waals surface area (Å²) in [6.45, 7) is 4.22. The number of carbonyl (C=O) groups excluding carboxylic acids is 1. The van der Waals surface area contributed by atoms with E-state index in [1.54, 1.807) is 23.1 Å². The van der Waals surface area contributed by atoms with Crippen molar-refractivity contribution in [2.75, 3.05) is 18.4 Å². The molecule has 0 bridgehead atoms. The van der Waals surface area contributed by atoms with Gasteiger partial charge in [0.25, 0.3) is 0 Å². The lowest BCUT2D eigenvalue weighted by molar-refractivity contribution is -0.120. The average Bonchev–Trinajstić information content (AvgIpc) is 3.19. The number of nitrogens with one attached hydrogen (secondary N) is 1. The number of fused-ring (bicyclic) bond motifs is 1. The van der Waals surface area contributed by atoms with Gasteiger partial charge in [0.2, 0.25) is 15.9 Å². The number of hydrogen-bond donors (Lipinski definition) is 1. The second-order valence-electron chi connectivity index (χ2n) is 8.06. The monoisotopic (exact) mass is 463 g/mol. The molecule has 1 aliphatic rings. The van der Waals surface area contributed by atoms with Gasteiger partial charge in [-0.15, -0.1) is 0 Å². The van der Waals surface area contributed by atoms with Gasteiger partial charge >= 0.3 is 0 Å². The Morgan fingerprint density at radius 1 is 1.12 bits per heavy atom. The van der Waals surface area contributed by atoms with Gasteiger partial charge in [-0.1, -0.05) is 0 Å². The van der Waals surface area contributed by atoms with E-state index >= 15 is 0 Å². The van der Waals surface area contributed by atoms with Crippen molar-refractivity contribution in [3.8, 4) is 0 Å². The molecule has 0 aliphatic carbocycles. The van der Waals surface area contributed by atoms with Crippen LogP contribution in [0.3, 0.4) is 0 Å². The summed E-state index contributed by atoms with van der Waals surface area (Å²) < 4.78 is 55.0. The molecule has 0 atom stereocenters. The van der Waals surface area contributed by atoms with E-state index in [1.165, 1.54) is 4.31 Å². The van der Waals surface area contributed by atoms with E-state index in [2.05, 4.69) is 15.4 Å². The lowest BCUT2D eigenvalue weighted by Crippen LogP contribution is -2.41. The predicted molar refractivity (Wildman–Crippen MR) is 114 cm³/mol. The summed E-state index contributed by atoms with van der Waals surface area (Å²) in [6.07, 6.45) is 3.90. The number of rotatable bonds is 5. The quantitative estimate of drug-likeness (QED) is 0.626. The molecule has 0 unspecified atom stereocenters. The van der Waals surface area contributed by atoms with Crippen LogP contribution in [0.1, 0.15) is 32.7 Å². The van der Waals surface area contributed by atoms with Crippen molar-refractivity contribution in [1.29, 1.82) is 0 Å². The normalized spacial score (nSPS) is 16.0. The first-order valence-electron chi connectivity index (χ1n) is 10.3. The van der Waals surface area contributed by atoms with Crippen molar-refractivity contribution in [2.24, 2.45) is 5.92 Å². The number of carbonyl (C=O) groups is 1. The molecular weight excluding hydrogens is 440 g/mol. The van der Waals surface area contributed by atoms with E-state index in [-0.39, 0.29) is 35.9 Å². The van der Waals surface area contributed by atoms with Crippen LogP contribution in [0.25, 0.3) is 11.0 Å². The Kier molecular flexibility index (Phi) is 5.95. The minimum Gasteiger partial charge on any atom is -0.324 e. The van der Waals surface area contributed by atoms with Gasteiger partial charge in [0.1, 0.15) is 0 Å². The van der Waals surface area contributed by atoms with Gasteiger partial charge < -0.3 is 5.32 Å². The van der Waals surface area contributed by atoms with Crippen molar-refractivity contribution in [3.05, 3.63) is 48.3 Å². The summed E-state index contributed by atoms with van der Waals surface area (Å²) in [6, 6.07) is 4.46.